The van der Waals surface area contributed by atoms with Gasteiger partial charge in [0.2, 0.25) is 5.85 Å². The molecule has 90 valence electrons. The van der Waals surface area contributed by atoms with Gasteiger partial charge in [-0.1, -0.05) is 6.92 Å². The molecule has 0 fully saturated rings. The molecule has 0 bridgehead atoms. The van der Waals surface area contributed by atoms with Gasteiger partial charge >= 0.3 is 13.6 Å². The van der Waals surface area contributed by atoms with Crippen LogP contribution < -0.4 is 0 Å². The predicted octanol–water partition coefficient (Wildman–Crippen LogP) is 2.55. The molecule has 0 aromatic heterocycles. The first-order valence-electron chi connectivity index (χ1n) is 5.06. The number of hydrogen-bond acceptors (Lipinski definition) is 5. The standard InChI is InChI=1S/C9H19O5P/c1-5-9(14-8(4)10)15(11,12-6-2)13-7-3/h9H,5-7H2,1-4H3/t9-/m1/s1. The molecule has 15 heavy (non-hydrogen) atoms. The fraction of sp³-hybridized carbons (Fsp3) is 0.889. The minimum Gasteiger partial charge on any atom is -0.450 e. The van der Waals surface area contributed by atoms with Crippen molar-refractivity contribution in [3.05, 3.63) is 0 Å². The van der Waals surface area contributed by atoms with Crippen LogP contribution in [0.1, 0.15) is 34.1 Å². The summed E-state index contributed by atoms with van der Waals surface area (Å²) in [5.74, 6) is -1.30. The van der Waals surface area contributed by atoms with Crippen molar-refractivity contribution in [1.82, 2.24) is 0 Å². The zero-order valence-electron chi connectivity index (χ0n) is 9.69. The fourth-order valence-corrected chi connectivity index (χ4v) is 2.98. The molecule has 0 aromatic rings. The smallest absolute Gasteiger partial charge is 0.370 e. The predicted molar refractivity (Wildman–Crippen MR) is 56.7 cm³/mol. The first-order valence-corrected chi connectivity index (χ1v) is 6.67. The Hall–Kier alpha value is -0.380. The molecule has 0 aliphatic heterocycles. The topological polar surface area (TPSA) is 61.8 Å². The molecule has 6 heteroatoms. The summed E-state index contributed by atoms with van der Waals surface area (Å²) in [5, 5.41) is 0. The van der Waals surface area contributed by atoms with Crippen molar-refractivity contribution < 1.29 is 23.1 Å². The molecule has 0 saturated heterocycles. The van der Waals surface area contributed by atoms with Crippen molar-refractivity contribution in [2.75, 3.05) is 13.2 Å². The lowest BCUT2D eigenvalue weighted by Crippen LogP contribution is -2.19. The van der Waals surface area contributed by atoms with Crippen LogP contribution in [0, 0.1) is 0 Å². The molecule has 0 saturated carbocycles. The molecule has 5 nitrogen and oxygen atoms in total. The molecule has 0 radical (unpaired) electrons. The van der Waals surface area contributed by atoms with Crippen molar-refractivity contribution in [2.24, 2.45) is 0 Å². The maximum Gasteiger partial charge on any atom is 0.370 e. The normalized spacial score (nSPS) is 13.6. The SMILES string of the molecule is CCOP(=O)(OCC)[C@H](CC)OC(C)=O. The number of esters is 1. The van der Waals surface area contributed by atoms with Crippen molar-refractivity contribution in [1.29, 1.82) is 0 Å². The lowest BCUT2D eigenvalue weighted by molar-refractivity contribution is -0.143. The highest BCUT2D eigenvalue weighted by Crippen LogP contribution is 2.54. The van der Waals surface area contributed by atoms with Gasteiger partial charge in [0.1, 0.15) is 0 Å². The summed E-state index contributed by atoms with van der Waals surface area (Å²) in [6.07, 6.45) is 0.400. The largest absolute Gasteiger partial charge is 0.450 e. The highest BCUT2D eigenvalue weighted by atomic mass is 31.2. The van der Waals surface area contributed by atoms with Crippen LogP contribution in [0.2, 0.25) is 0 Å². The molecule has 0 aliphatic carbocycles. The van der Waals surface area contributed by atoms with E-state index < -0.39 is 19.4 Å². The van der Waals surface area contributed by atoms with Crippen LogP contribution in [-0.2, 0) is 23.1 Å². The molecular formula is C9H19O5P. The first-order chi connectivity index (χ1) is 7.00. The van der Waals surface area contributed by atoms with Crippen molar-refractivity contribution >= 4 is 13.6 Å². The third-order valence-corrected chi connectivity index (χ3v) is 4.03. The Balaban J connectivity index is 4.68. The van der Waals surface area contributed by atoms with Gasteiger partial charge in [0.25, 0.3) is 0 Å². The fourth-order valence-electron chi connectivity index (χ4n) is 1.13. The Kier molecular flexibility index (Phi) is 6.81. The van der Waals surface area contributed by atoms with Gasteiger partial charge in [0.15, 0.2) is 0 Å². The van der Waals surface area contributed by atoms with Crippen LogP contribution >= 0.6 is 7.60 Å². The number of carbonyl (C=O) groups excluding carboxylic acids is 1. The van der Waals surface area contributed by atoms with Crippen LogP contribution in [0.3, 0.4) is 0 Å². The van der Waals surface area contributed by atoms with Crippen molar-refractivity contribution in [3.8, 4) is 0 Å². The summed E-state index contributed by atoms with van der Waals surface area (Å²) in [4.78, 5) is 10.8. The second-order valence-corrected chi connectivity index (χ2v) is 5.02. The Morgan fingerprint density at radius 3 is 1.93 bits per heavy atom. The van der Waals surface area contributed by atoms with E-state index in [2.05, 4.69) is 0 Å². The number of hydrogen-bond donors (Lipinski definition) is 0. The zero-order chi connectivity index (χ0) is 11.9. The Labute approximate surface area is 90.6 Å². The Morgan fingerprint density at radius 1 is 1.20 bits per heavy atom. The highest BCUT2D eigenvalue weighted by Gasteiger charge is 2.36. The maximum atomic E-state index is 12.2. The maximum absolute atomic E-state index is 12.2. The van der Waals surface area contributed by atoms with Gasteiger partial charge in [0.05, 0.1) is 13.2 Å². The molecule has 0 rings (SSSR count). The van der Waals surface area contributed by atoms with Crippen LogP contribution in [0.25, 0.3) is 0 Å². The molecule has 0 heterocycles. The van der Waals surface area contributed by atoms with Gasteiger partial charge in [-0.3, -0.25) is 9.36 Å². The van der Waals surface area contributed by atoms with Crippen molar-refractivity contribution in [3.63, 3.8) is 0 Å². The minimum absolute atomic E-state index is 0.259. The molecule has 1 atom stereocenters. The summed E-state index contributed by atoms with van der Waals surface area (Å²) in [5.41, 5.74) is 0. The molecule has 0 N–H and O–H groups in total. The summed E-state index contributed by atoms with van der Waals surface area (Å²) in [6, 6.07) is 0. The summed E-state index contributed by atoms with van der Waals surface area (Å²) in [7, 11) is -3.33. The van der Waals surface area contributed by atoms with E-state index in [0.717, 1.165) is 0 Å². The molecule has 0 spiro atoms. The highest BCUT2D eigenvalue weighted by molar-refractivity contribution is 7.54. The van der Waals surface area contributed by atoms with Gasteiger partial charge in [-0.05, 0) is 20.3 Å². The minimum atomic E-state index is -3.33. The number of rotatable bonds is 7. The van der Waals surface area contributed by atoms with E-state index >= 15 is 0 Å². The van der Waals surface area contributed by atoms with Crippen molar-refractivity contribution in [2.45, 2.75) is 40.0 Å². The van der Waals surface area contributed by atoms with E-state index in [1.165, 1.54) is 6.92 Å². The molecule has 0 amide bonds. The number of carbonyl (C=O) groups is 1. The quantitative estimate of drug-likeness (QED) is 0.503. The monoisotopic (exact) mass is 238 g/mol. The van der Waals surface area contributed by atoms with E-state index in [0.29, 0.717) is 6.42 Å². The molecular weight excluding hydrogens is 219 g/mol. The Bertz CT molecular complexity index is 231. The van der Waals surface area contributed by atoms with Gasteiger partial charge in [0, 0.05) is 6.92 Å². The first kappa shape index (κ1) is 14.6. The average Bonchev–Trinajstić information content (AvgIpc) is 2.14. The Morgan fingerprint density at radius 2 is 1.67 bits per heavy atom. The molecule has 0 aliphatic rings. The van der Waals surface area contributed by atoms with Crippen LogP contribution in [0.4, 0.5) is 0 Å². The lowest BCUT2D eigenvalue weighted by Gasteiger charge is -2.24. The van der Waals surface area contributed by atoms with E-state index in [9.17, 15) is 9.36 Å². The summed E-state index contributed by atoms with van der Waals surface area (Å²) in [6.45, 7) is 6.98. The molecule has 0 aromatic carbocycles. The number of ether oxygens (including phenoxy) is 1. The second-order valence-electron chi connectivity index (χ2n) is 2.85. The lowest BCUT2D eigenvalue weighted by atomic mass is 10.5. The van der Waals surface area contributed by atoms with Crippen LogP contribution in [-0.4, -0.2) is 25.0 Å². The third-order valence-electron chi connectivity index (χ3n) is 1.62. The zero-order valence-corrected chi connectivity index (χ0v) is 10.6. The van der Waals surface area contributed by atoms with Gasteiger partial charge in [-0.15, -0.1) is 0 Å². The summed E-state index contributed by atoms with van der Waals surface area (Å²) < 4.78 is 27.2. The molecule has 0 unspecified atom stereocenters. The van der Waals surface area contributed by atoms with Gasteiger partial charge in [-0.2, -0.15) is 0 Å². The van der Waals surface area contributed by atoms with Gasteiger partial charge < -0.3 is 13.8 Å². The van der Waals surface area contributed by atoms with Crippen LogP contribution in [0.15, 0.2) is 0 Å². The van der Waals surface area contributed by atoms with E-state index in [1.54, 1.807) is 20.8 Å². The third kappa shape index (κ3) is 4.78. The second kappa shape index (κ2) is 6.99. The van der Waals surface area contributed by atoms with E-state index in [-0.39, 0.29) is 13.2 Å². The summed E-state index contributed by atoms with van der Waals surface area (Å²) >= 11 is 0. The average molecular weight is 238 g/mol. The van der Waals surface area contributed by atoms with Gasteiger partial charge in [-0.25, -0.2) is 0 Å². The van der Waals surface area contributed by atoms with Crippen LogP contribution in [0.5, 0.6) is 0 Å². The van der Waals surface area contributed by atoms with E-state index in [4.69, 9.17) is 13.8 Å². The van der Waals surface area contributed by atoms with E-state index in [1.807, 2.05) is 0 Å².